The van der Waals surface area contributed by atoms with Gasteiger partial charge in [-0.1, -0.05) is 18.2 Å². The monoisotopic (exact) mass is 442 g/mol. The number of aliphatic hydroxyl groups is 1. The van der Waals surface area contributed by atoms with Gasteiger partial charge in [0.2, 0.25) is 0 Å². The van der Waals surface area contributed by atoms with Gasteiger partial charge in [0.05, 0.1) is 17.7 Å². The largest absolute Gasteiger partial charge is 0.388 e. The first-order valence-electron chi connectivity index (χ1n) is 10.1. The van der Waals surface area contributed by atoms with Crippen LogP contribution in [0.4, 0.5) is 8.78 Å². The minimum absolute atomic E-state index is 0.266. The van der Waals surface area contributed by atoms with Crippen LogP contribution in [0.2, 0.25) is 0 Å². The molecule has 0 bridgehead atoms. The van der Waals surface area contributed by atoms with Crippen LogP contribution in [0, 0.1) is 11.6 Å². The molecular weight excluding hydrogens is 418 g/mol. The predicted molar refractivity (Wildman–Crippen MR) is 117 cm³/mol. The average Bonchev–Trinajstić information content (AvgIpc) is 3.27. The quantitative estimate of drug-likeness (QED) is 0.611. The molecule has 1 amide bonds. The van der Waals surface area contributed by atoms with Crippen molar-refractivity contribution in [2.45, 2.75) is 37.6 Å². The third kappa shape index (κ3) is 4.84. The van der Waals surface area contributed by atoms with Crippen molar-refractivity contribution in [1.82, 2.24) is 10.2 Å². The third-order valence-corrected chi connectivity index (χ3v) is 6.75. The number of nitrogens with one attached hydrogen (secondary N) is 1. The maximum absolute atomic E-state index is 13.3. The topological polar surface area (TPSA) is 52.6 Å². The summed E-state index contributed by atoms with van der Waals surface area (Å²) in [6.45, 7) is 2.91. The Hall–Kier alpha value is -2.61. The Morgan fingerprint density at radius 3 is 2.39 bits per heavy atom. The van der Waals surface area contributed by atoms with Crippen molar-refractivity contribution in [1.29, 1.82) is 0 Å². The number of piperidine rings is 1. The Morgan fingerprint density at radius 2 is 1.77 bits per heavy atom. The summed E-state index contributed by atoms with van der Waals surface area (Å²) in [4.78, 5) is 16.1. The summed E-state index contributed by atoms with van der Waals surface area (Å²) in [6.07, 6.45) is 0.463. The number of carbonyl (C=O) groups excluding carboxylic acids is 1. The Kier molecular flexibility index (Phi) is 6.18. The molecule has 3 aromatic rings. The standard InChI is InChI=1S/C24H24F2N2O2S/c1-24(30)12-13-28(15-16-4-8-18(25)9-5-16)21(20-3-2-14-31-20)22(24)27-23(29)17-6-10-19(26)11-7-17/h2-11,14,21-22,30H,12-13,15H2,1H3,(H,27,29)/t21-,22-,24+/m0/s1. The van der Waals surface area contributed by atoms with Gasteiger partial charge in [-0.3, -0.25) is 9.69 Å². The highest BCUT2D eigenvalue weighted by Gasteiger charge is 2.46. The maximum atomic E-state index is 13.3. The Morgan fingerprint density at radius 1 is 1.13 bits per heavy atom. The van der Waals surface area contributed by atoms with Gasteiger partial charge >= 0.3 is 0 Å². The van der Waals surface area contributed by atoms with Gasteiger partial charge in [-0.25, -0.2) is 8.78 Å². The zero-order valence-electron chi connectivity index (χ0n) is 17.1. The molecule has 31 heavy (non-hydrogen) atoms. The van der Waals surface area contributed by atoms with Crippen molar-refractivity contribution in [3.63, 3.8) is 0 Å². The van der Waals surface area contributed by atoms with Crippen molar-refractivity contribution in [3.05, 3.63) is 93.7 Å². The van der Waals surface area contributed by atoms with Crippen LogP contribution in [-0.2, 0) is 6.54 Å². The Balaban J connectivity index is 1.64. The van der Waals surface area contributed by atoms with Crippen molar-refractivity contribution in [3.8, 4) is 0 Å². The first-order chi connectivity index (χ1) is 14.8. The maximum Gasteiger partial charge on any atom is 0.251 e. The summed E-state index contributed by atoms with van der Waals surface area (Å²) < 4.78 is 26.6. The van der Waals surface area contributed by atoms with Gasteiger partial charge in [-0.2, -0.15) is 0 Å². The number of halogens is 2. The smallest absolute Gasteiger partial charge is 0.251 e. The van der Waals surface area contributed by atoms with Gasteiger partial charge in [0.1, 0.15) is 11.6 Å². The highest BCUT2D eigenvalue weighted by molar-refractivity contribution is 7.10. The van der Waals surface area contributed by atoms with E-state index in [4.69, 9.17) is 0 Å². The normalized spacial score (nSPS) is 24.1. The van der Waals surface area contributed by atoms with Crippen molar-refractivity contribution in [2.75, 3.05) is 6.54 Å². The number of hydrogen-bond acceptors (Lipinski definition) is 4. The summed E-state index contributed by atoms with van der Waals surface area (Å²) in [5, 5.41) is 16.2. The Labute approximate surface area is 184 Å². The second-order valence-corrected chi connectivity index (χ2v) is 9.10. The SMILES string of the molecule is C[C@@]1(O)CCN(Cc2ccc(F)cc2)[C@@H](c2cccs2)[C@@H]1NC(=O)c1ccc(F)cc1. The molecule has 1 saturated heterocycles. The highest BCUT2D eigenvalue weighted by Crippen LogP contribution is 2.39. The molecule has 0 spiro atoms. The molecule has 2 aromatic carbocycles. The molecule has 4 nitrogen and oxygen atoms in total. The van der Waals surface area contributed by atoms with Crippen LogP contribution in [0.15, 0.2) is 66.0 Å². The van der Waals surface area contributed by atoms with E-state index >= 15 is 0 Å². The van der Waals surface area contributed by atoms with Crippen LogP contribution in [0.3, 0.4) is 0 Å². The first kappa shape index (κ1) is 21.6. The molecule has 1 aliphatic rings. The summed E-state index contributed by atoms with van der Waals surface area (Å²) in [5.41, 5.74) is 0.148. The van der Waals surface area contributed by atoms with Gasteiger partial charge in [0, 0.05) is 23.5 Å². The number of hydrogen-bond donors (Lipinski definition) is 2. The molecule has 1 aliphatic heterocycles. The summed E-state index contributed by atoms with van der Waals surface area (Å²) in [7, 11) is 0. The summed E-state index contributed by atoms with van der Waals surface area (Å²) in [6, 6.07) is 14.8. The van der Waals surface area contributed by atoms with Crippen molar-refractivity contribution >= 4 is 17.2 Å². The van der Waals surface area contributed by atoms with E-state index in [9.17, 15) is 18.7 Å². The second-order valence-electron chi connectivity index (χ2n) is 8.12. The van der Waals surface area contributed by atoms with E-state index in [2.05, 4.69) is 10.2 Å². The lowest BCUT2D eigenvalue weighted by Gasteiger charge is -2.48. The van der Waals surface area contributed by atoms with E-state index in [-0.39, 0.29) is 17.8 Å². The minimum atomic E-state index is -1.14. The van der Waals surface area contributed by atoms with Crippen LogP contribution >= 0.6 is 11.3 Å². The highest BCUT2D eigenvalue weighted by atomic mass is 32.1. The molecule has 4 rings (SSSR count). The van der Waals surface area contributed by atoms with E-state index in [0.29, 0.717) is 25.1 Å². The van der Waals surface area contributed by atoms with Crippen LogP contribution in [-0.4, -0.2) is 34.1 Å². The lowest BCUT2D eigenvalue weighted by Crippen LogP contribution is -2.62. The molecule has 2 heterocycles. The number of amides is 1. The number of rotatable bonds is 5. The van der Waals surface area contributed by atoms with E-state index in [1.807, 2.05) is 17.5 Å². The van der Waals surface area contributed by atoms with E-state index < -0.39 is 17.5 Å². The first-order valence-corrected chi connectivity index (χ1v) is 11.0. The number of likely N-dealkylation sites (tertiary alicyclic amines) is 1. The van der Waals surface area contributed by atoms with E-state index in [1.165, 1.54) is 36.4 Å². The van der Waals surface area contributed by atoms with Gasteiger partial charge < -0.3 is 10.4 Å². The fourth-order valence-corrected chi connectivity index (χ4v) is 4.98. The van der Waals surface area contributed by atoms with E-state index in [1.54, 1.807) is 30.4 Å². The lowest BCUT2D eigenvalue weighted by atomic mass is 9.81. The molecule has 7 heteroatoms. The lowest BCUT2D eigenvalue weighted by molar-refractivity contribution is -0.0656. The minimum Gasteiger partial charge on any atom is -0.388 e. The van der Waals surface area contributed by atoms with Crippen LogP contribution in [0.1, 0.15) is 40.2 Å². The third-order valence-electron chi connectivity index (χ3n) is 5.81. The van der Waals surface area contributed by atoms with Crippen molar-refractivity contribution < 1.29 is 18.7 Å². The molecular formula is C24H24F2N2O2S. The van der Waals surface area contributed by atoms with Crippen LogP contribution in [0.25, 0.3) is 0 Å². The number of benzene rings is 2. The zero-order chi connectivity index (χ0) is 22.0. The number of carbonyl (C=O) groups is 1. The molecule has 0 saturated carbocycles. The molecule has 0 radical (unpaired) electrons. The molecule has 1 fully saturated rings. The molecule has 162 valence electrons. The van der Waals surface area contributed by atoms with Gasteiger partial charge in [0.15, 0.2) is 0 Å². The Bertz CT molecular complexity index is 1020. The summed E-state index contributed by atoms with van der Waals surface area (Å²) in [5.74, 6) is -1.07. The average molecular weight is 443 g/mol. The molecule has 0 unspecified atom stereocenters. The molecule has 2 N–H and O–H groups in total. The van der Waals surface area contributed by atoms with Gasteiger partial charge in [0.25, 0.3) is 5.91 Å². The fraction of sp³-hybridized carbons (Fsp3) is 0.292. The summed E-state index contributed by atoms with van der Waals surface area (Å²) >= 11 is 1.56. The molecule has 3 atom stereocenters. The van der Waals surface area contributed by atoms with Crippen LogP contribution in [0.5, 0.6) is 0 Å². The fourth-order valence-electron chi connectivity index (χ4n) is 4.08. The van der Waals surface area contributed by atoms with Crippen molar-refractivity contribution in [2.24, 2.45) is 0 Å². The number of nitrogens with zero attached hydrogens (tertiary/aromatic N) is 1. The predicted octanol–water partition coefficient (Wildman–Crippen LogP) is 4.52. The van der Waals surface area contributed by atoms with Crippen LogP contribution < -0.4 is 5.32 Å². The van der Waals surface area contributed by atoms with Gasteiger partial charge in [-0.15, -0.1) is 11.3 Å². The zero-order valence-corrected chi connectivity index (χ0v) is 17.9. The second kappa shape index (κ2) is 8.86. The molecule has 0 aliphatic carbocycles. The molecule has 1 aromatic heterocycles. The van der Waals surface area contributed by atoms with E-state index in [0.717, 1.165) is 10.4 Å². The van der Waals surface area contributed by atoms with Gasteiger partial charge in [-0.05, 0) is 66.8 Å². The number of thiophene rings is 1.